The van der Waals surface area contributed by atoms with Crippen LogP contribution < -0.4 is 0 Å². The summed E-state index contributed by atoms with van der Waals surface area (Å²) in [6.45, 7) is 3.37. The fraction of sp³-hybridized carbons (Fsp3) is 0.571. The minimum absolute atomic E-state index is 0.265. The topological polar surface area (TPSA) is 57.7 Å². The first-order valence-electron chi connectivity index (χ1n) is 3.62. The van der Waals surface area contributed by atoms with Gasteiger partial charge in [0.15, 0.2) is 0 Å². The van der Waals surface area contributed by atoms with Gasteiger partial charge in [0.25, 0.3) is 0 Å². The smallest absolute Gasteiger partial charge is 0.263 e. The van der Waals surface area contributed by atoms with Crippen LogP contribution in [0.5, 0.6) is 0 Å². The van der Waals surface area contributed by atoms with Crippen molar-refractivity contribution >= 4 is 17.8 Å². The molecule has 5 nitrogen and oxygen atoms in total. The first-order valence-corrected chi connectivity index (χ1v) is 3.62. The van der Waals surface area contributed by atoms with E-state index in [9.17, 15) is 14.4 Å². The lowest BCUT2D eigenvalue weighted by Crippen LogP contribution is -2.37. The van der Waals surface area contributed by atoms with Gasteiger partial charge in [-0.05, 0) is 13.8 Å². The number of imide groups is 2. The van der Waals surface area contributed by atoms with E-state index in [-0.39, 0.29) is 6.04 Å². The van der Waals surface area contributed by atoms with Crippen LogP contribution in [0.4, 0.5) is 4.79 Å². The van der Waals surface area contributed by atoms with E-state index in [1.807, 2.05) is 0 Å². The molecule has 1 aliphatic rings. The SMILES string of the molecule is CC(C)N1C(=O)C(=O)N(C)C1=O. The van der Waals surface area contributed by atoms with E-state index in [1.54, 1.807) is 13.8 Å². The van der Waals surface area contributed by atoms with Crippen LogP contribution in [0.1, 0.15) is 13.8 Å². The van der Waals surface area contributed by atoms with Crippen LogP contribution >= 0.6 is 0 Å². The molecule has 1 fully saturated rings. The number of nitrogens with zero attached hydrogens (tertiary/aromatic N) is 2. The van der Waals surface area contributed by atoms with E-state index in [0.717, 1.165) is 9.80 Å². The van der Waals surface area contributed by atoms with Crippen LogP contribution in [0.15, 0.2) is 0 Å². The van der Waals surface area contributed by atoms with Crippen LogP contribution in [-0.2, 0) is 9.59 Å². The molecule has 0 bridgehead atoms. The van der Waals surface area contributed by atoms with E-state index in [4.69, 9.17) is 0 Å². The molecule has 12 heavy (non-hydrogen) atoms. The van der Waals surface area contributed by atoms with Crippen LogP contribution in [0.3, 0.4) is 0 Å². The zero-order valence-corrected chi connectivity index (χ0v) is 7.20. The van der Waals surface area contributed by atoms with Gasteiger partial charge in [0.2, 0.25) is 0 Å². The summed E-state index contributed by atoms with van der Waals surface area (Å²) in [6, 6.07) is -0.807. The monoisotopic (exact) mass is 170 g/mol. The molecule has 1 aliphatic heterocycles. The second kappa shape index (κ2) is 2.58. The molecule has 0 aliphatic carbocycles. The zero-order valence-electron chi connectivity index (χ0n) is 7.20. The molecule has 5 heteroatoms. The van der Waals surface area contributed by atoms with Crippen LogP contribution in [-0.4, -0.2) is 40.7 Å². The Morgan fingerprint density at radius 3 is 1.75 bits per heavy atom. The highest BCUT2D eigenvalue weighted by Gasteiger charge is 2.43. The molecule has 1 heterocycles. The summed E-state index contributed by atoms with van der Waals surface area (Å²) in [6.07, 6.45) is 0. The van der Waals surface area contributed by atoms with Crippen LogP contribution in [0, 0.1) is 0 Å². The van der Waals surface area contributed by atoms with Gasteiger partial charge < -0.3 is 0 Å². The van der Waals surface area contributed by atoms with E-state index in [0.29, 0.717) is 0 Å². The molecule has 0 unspecified atom stereocenters. The van der Waals surface area contributed by atoms with Gasteiger partial charge in [0, 0.05) is 13.1 Å². The van der Waals surface area contributed by atoms with E-state index in [2.05, 4.69) is 0 Å². The standard InChI is InChI=1S/C7H10N2O3/c1-4(2)9-6(11)5(10)8(3)7(9)12/h4H,1-3H3. The molecular weight excluding hydrogens is 160 g/mol. The summed E-state index contributed by atoms with van der Waals surface area (Å²) in [5.74, 6) is -1.49. The normalized spacial score (nSPS) is 18.5. The Labute approximate surface area is 69.9 Å². The maximum Gasteiger partial charge on any atom is 0.334 e. The van der Waals surface area contributed by atoms with Crippen molar-refractivity contribution in [3.63, 3.8) is 0 Å². The Morgan fingerprint density at radius 1 is 1.08 bits per heavy atom. The van der Waals surface area contributed by atoms with Gasteiger partial charge in [-0.25, -0.2) is 4.79 Å². The third kappa shape index (κ3) is 0.975. The largest absolute Gasteiger partial charge is 0.334 e. The molecule has 0 radical (unpaired) electrons. The van der Waals surface area contributed by atoms with Gasteiger partial charge in [-0.3, -0.25) is 19.4 Å². The van der Waals surface area contributed by atoms with Crippen molar-refractivity contribution in [3.05, 3.63) is 0 Å². The highest BCUT2D eigenvalue weighted by atomic mass is 16.2. The van der Waals surface area contributed by atoms with Gasteiger partial charge in [-0.15, -0.1) is 0 Å². The molecule has 0 aromatic heterocycles. The third-order valence-electron chi connectivity index (χ3n) is 1.72. The van der Waals surface area contributed by atoms with Gasteiger partial charge in [-0.2, -0.15) is 0 Å². The summed E-state index contributed by atoms with van der Waals surface area (Å²) in [5.41, 5.74) is 0. The number of rotatable bonds is 1. The van der Waals surface area contributed by atoms with Crippen LogP contribution in [0.2, 0.25) is 0 Å². The molecular formula is C7H10N2O3. The number of hydrogen-bond acceptors (Lipinski definition) is 3. The quantitative estimate of drug-likeness (QED) is 0.405. The Morgan fingerprint density at radius 2 is 1.58 bits per heavy atom. The van der Waals surface area contributed by atoms with Crippen molar-refractivity contribution in [2.45, 2.75) is 19.9 Å². The van der Waals surface area contributed by atoms with Crippen molar-refractivity contribution in [2.24, 2.45) is 0 Å². The summed E-state index contributed by atoms with van der Waals surface area (Å²) < 4.78 is 0. The predicted octanol–water partition coefficient (Wildman–Crippen LogP) is -0.185. The molecule has 66 valence electrons. The van der Waals surface area contributed by atoms with E-state index >= 15 is 0 Å². The van der Waals surface area contributed by atoms with E-state index < -0.39 is 17.8 Å². The number of amides is 4. The average Bonchev–Trinajstić information content (AvgIpc) is 2.16. The summed E-state index contributed by atoms with van der Waals surface area (Å²) >= 11 is 0. The number of urea groups is 1. The molecule has 0 atom stereocenters. The van der Waals surface area contributed by atoms with Crippen molar-refractivity contribution < 1.29 is 14.4 Å². The number of carbonyl (C=O) groups is 3. The molecule has 1 rings (SSSR count). The van der Waals surface area contributed by atoms with Crippen molar-refractivity contribution in [3.8, 4) is 0 Å². The van der Waals surface area contributed by atoms with Crippen molar-refractivity contribution in [2.75, 3.05) is 7.05 Å². The second-order valence-electron chi connectivity index (χ2n) is 2.92. The molecule has 0 saturated carbocycles. The van der Waals surface area contributed by atoms with Gasteiger partial charge in [-0.1, -0.05) is 0 Å². The fourth-order valence-electron chi connectivity index (χ4n) is 1.04. The second-order valence-corrected chi connectivity index (χ2v) is 2.92. The number of hydrogen-bond donors (Lipinski definition) is 0. The van der Waals surface area contributed by atoms with Gasteiger partial charge in [0.05, 0.1) is 0 Å². The number of likely N-dealkylation sites (N-methyl/N-ethyl adjacent to an activating group) is 1. The Kier molecular flexibility index (Phi) is 1.87. The number of carbonyl (C=O) groups excluding carboxylic acids is 3. The predicted molar refractivity (Wildman–Crippen MR) is 40.1 cm³/mol. The fourth-order valence-corrected chi connectivity index (χ4v) is 1.04. The maximum absolute atomic E-state index is 11.2. The summed E-state index contributed by atoms with van der Waals surface area (Å²) in [4.78, 5) is 35.0. The minimum Gasteiger partial charge on any atom is -0.263 e. The molecule has 0 N–H and O–H groups in total. The molecule has 0 spiro atoms. The molecule has 4 amide bonds. The zero-order chi connectivity index (χ0) is 9.46. The van der Waals surface area contributed by atoms with Crippen molar-refractivity contribution in [1.82, 2.24) is 9.80 Å². The third-order valence-corrected chi connectivity index (χ3v) is 1.72. The van der Waals surface area contributed by atoms with Gasteiger partial charge in [0.1, 0.15) is 0 Å². The van der Waals surface area contributed by atoms with Gasteiger partial charge >= 0.3 is 17.8 Å². The lowest BCUT2D eigenvalue weighted by atomic mass is 10.3. The molecule has 0 aromatic rings. The lowest BCUT2D eigenvalue weighted by molar-refractivity contribution is -0.143. The Bertz CT molecular complexity index is 259. The minimum atomic E-state index is -0.756. The highest BCUT2D eigenvalue weighted by Crippen LogP contribution is 2.12. The molecule has 1 saturated heterocycles. The first-order chi connectivity index (χ1) is 5.46. The first kappa shape index (κ1) is 8.70. The average molecular weight is 170 g/mol. The summed E-state index contributed by atoms with van der Waals surface area (Å²) in [5, 5.41) is 0. The maximum atomic E-state index is 11.2. The lowest BCUT2D eigenvalue weighted by Gasteiger charge is -2.16. The van der Waals surface area contributed by atoms with E-state index in [1.165, 1.54) is 7.05 Å². The summed E-state index contributed by atoms with van der Waals surface area (Å²) in [7, 11) is 1.30. The van der Waals surface area contributed by atoms with Crippen molar-refractivity contribution in [1.29, 1.82) is 0 Å². The Balaban J connectivity index is 2.99. The highest BCUT2D eigenvalue weighted by molar-refractivity contribution is 6.44. The Hall–Kier alpha value is -1.39. The molecule has 0 aromatic carbocycles. The van der Waals surface area contributed by atoms with Crippen LogP contribution in [0.25, 0.3) is 0 Å².